The second-order valence-corrected chi connectivity index (χ2v) is 6.14. The summed E-state index contributed by atoms with van der Waals surface area (Å²) in [7, 11) is 0. The van der Waals surface area contributed by atoms with Crippen molar-refractivity contribution in [2.24, 2.45) is 0 Å². The highest BCUT2D eigenvalue weighted by molar-refractivity contribution is 5.74. The summed E-state index contributed by atoms with van der Waals surface area (Å²) >= 11 is 0. The van der Waals surface area contributed by atoms with Gasteiger partial charge in [-0.1, -0.05) is 12.1 Å². The van der Waals surface area contributed by atoms with E-state index in [1.54, 1.807) is 23.1 Å². The first-order valence-corrected chi connectivity index (χ1v) is 7.70. The van der Waals surface area contributed by atoms with Crippen molar-refractivity contribution in [1.29, 1.82) is 0 Å². The van der Waals surface area contributed by atoms with Crippen LogP contribution in [0, 0.1) is 5.82 Å². The van der Waals surface area contributed by atoms with E-state index in [9.17, 15) is 9.18 Å². The summed E-state index contributed by atoms with van der Waals surface area (Å²) in [5.41, 5.74) is 0.836. The molecule has 1 aromatic heterocycles. The number of urea groups is 1. The molecule has 2 amide bonds. The average Bonchev–Trinajstić information content (AvgIpc) is 3.15. The molecule has 3 rings (SSSR count). The van der Waals surface area contributed by atoms with Gasteiger partial charge in [-0.15, -0.1) is 0 Å². The lowest BCUT2D eigenvalue weighted by molar-refractivity contribution is 0.235. The van der Waals surface area contributed by atoms with Gasteiger partial charge in [-0.3, -0.25) is 4.68 Å². The van der Waals surface area contributed by atoms with Gasteiger partial charge in [0.1, 0.15) is 18.5 Å². The quantitative estimate of drug-likeness (QED) is 0.854. The first-order valence-electron chi connectivity index (χ1n) is 7.70. The predicted molar refractivity (Wildman–Crippen MR) is 83.3 cm³/mol. The van der Waals surface area contributed by atoms with Crippen LogP contribution in [0.5, 0.6) is 0 Å². The van der Waals surface area contributed by atoms with E-state index in [4.69, 9.17) is 0 Å². The number of halogens is 1. The molecular formula is C16H20FN5O. The number of benzene rings is 1. The van der Waals surface area contributed by atoms with Gasteiger partial charge in [0.15, 0.2) is 0 Å². The number of aromatic nitrogens is 3. The molecule has 6 nitrogen and oxygen atoms in total. The van der Waals surface area contributed by atoms with Gasteiger partial charge in [-0.05, 0) is 37.5 Å². The molecule has 1 atom stereocenters. The van der Waals surface area contributed by atoms with E-state index in [0.29, 0.717) is 13.1 Å². The van der Waals surface area contributed by atoms with Crippen LogP contribution in [0.2, 0.25) is 0 Å². The van der Waals surface area contributed by atoms with Crippen LogP contribution in [0.3, 0.4) is 0 Å². The third kappa shape index (κ3) is 3.85. The third-order valence-corrected chi connectivity index (χ3v) is 4.18. The molecule has 0 spiro atoms. The van der Waals surface area contributed by atoms with E-state index < -0.39 is 0 Å². The molecule has 0 unspecified atom stereocenters. The maximum Gasteiger partial charge on any atom is 0.315 e. The number of nitrogens with one attached hydrogen (secondary N) is 2. The standard InChI is InChI=1S/C16H20FN5O/c1-12(8-22-11-18-10-20-22)21-15(23)19-9-16(5-6-16)13-3-2-4-14(17)7-13/h2-4,7,10-12H,5-6,8-9H2,1H3,(H2,19,21,23)/t12-/m0/s1. The van der Waals surface area contributed by atoms with E-state index in [1.807, 2.05) is 13.0 Å². The molecule has 122 valence electrons. The molecule has 23 heavy (non-hydrogen) atoms. The van der Waals surface area contributed by atoms with Gasteiger partial charge in [0, 0.05) is 18.0 Å². The van der Waals surface area contributed by atoms with E-state index in [2.05, 4.69) is 20.7 Å². The Morgan fingerprint density at radius 2 is 2.30 bits per heavy atom. The molecule has 0 bridgehead atoms. The second-order valence-electron chi connectivity index (χ2n) is 6.14. The van der Waals surface area contributed by atoms with Crippen molar-refractivity contribution >= 4 is 6.03 Å². The molecule has 1 aliphatic carbocycles. The van der Waals surface area contributed by atoms with Crippen molar-refractivity contribution in [2.75, 3.05) is 6.54 Å². The van der Waals surface area contributed by atoms with Crippen LogP contribution in [0.1, 0.15) is 25.3 Å². The fourth-order valence-corrected chi connectivity index (χ4v) is 2.71. The second kappa shape index (κ2) is 6.36. The number of amides is 2. The van der Waals surface area contributed by atoms with Gasteiger partial charge in [0.25, 0.3) is 0 Å². The predicted octanol–water partition coefficient (Wildman–Crippen LogP) is 1.84. The molecule has 1 fully saturated rings. The minimum Gasteiger partial charge on any atom is -0.337 e. The fourth-order valence-electron chi connectivity index (χ4n) is 2.71. The lowest BCUT2D eigenvalue weighted by Gasteiger charge is -2.19. The molecule has 1 aromatic carbocycles. The lowest BCUT2D eigenvalue weighted by atomic mass is 9.96. The Kier molecular flexibility index (Phi) is 4.27. The van der Waals surface area contributed by atoms with E-state index in [-0.39, 0.29) is 23.3 Å². The first kappa shape index (κ1) is 15.5. The van der Waals surface area contributed by atoms with Gasteiger partial charge < -0.3 is 10.6 Å². The van der Waals surface area contributed by atoms with Crippen LogP contribution in [0.4, 0.5) is 9.18 Å². The minimum absolute atomic E-state index is 0.0685. The Hall–Kier alpha value is -2.44. The van der Waals surface area contributed by atoms with E-state index in [1.165, 1.54) is 12.4 Å². The number of hydrogen-bond donors (Lipinski definition) is 2. The largest absolute Gasteiger partial charge is 0.337 e. The molecule has 0 aliphatic heterocycles. The van der Waals surface area contributed by atoms with Crippen LogP contribution in [0.15, 0.2) is 36.9 Å². The normalized spacial score (nSPS) is 16.6. The van der Waals surface area contributed by atoms with Crippen LogP contribution < -0.4 is 10.6 Å². The zero-order valence-corrected chi connectivity index (χ0v) is 13.0. The molecule has 2 N–H and O–H groups in total. The monoisotopic (exact) mass is 317 g/mol. The number of carbonyl (C=O) groups excluding carboxylic acids is 1. The van der Waals surface area contributed by atoms with E-state index >= 15 is 0 Å². The molecule has 1 aliphatic rings. The Balaban J connectivity index is 1.49. The molecule has 0 radical (unpaired) electrons. The summed E-state index contributed by atoms with van der Waals surface area (Å²) in [5, 5.41) is 9.77. The van der Waals surface area contributed by atoms with Crippen molar-refractivity contribution in [2.45, 2.75) is 37.8 Å². The first-order chi connectivity index (χ1) is 11.1. The minimum atomic E-state index is -0.236. The number of nitrogens with zero attached hydrogens (tertiary/aromatic N) is 3. The molecular weight excluding hydrogens is 297 g/mol. The summed E-state index contributed by atoms with van der Waals surface area (Å²) in [6.07, 6.45) is 5.00. The summed E-state index contributed by atoms with van der Waals surface area (Å²) < 4.78 is 15.0. The van der Waals surface area contributed by atoms with Crippen LogP contribution in [-0.4, -0.2) is 33.4 Å². The van der Waals surface area contributed by atoms with Crippen molar-refractivity contribution in [3.05, 3.63) is 48.3 Å². The highest BCUT2D eigenvalue weighted by Crippen LogP contribution is 2.47. The molecule has 7 heteroatoms. The van der Waals surface area contributed by atoms with Crippen LogP contribution >= 0.6 is 0 Å². The summed E-state index contributed by atoms with van der Waals surface area (Å²) in [4.78, 5) is 15.9. The maximum absolute atomic E-state index is 13.4. The Morgan fingerprint density at radius 3 is 2.96 bits per heavy atom. The number of carbonyl (C=O) groups is 1. The molecule has 2 aromatic rings. The van der Waals surface area contributed by atoms with Crippen LogP contribution in [-0.2, 0) is 12.0 Å². The summed E-state index contributed by atoms with van der Waals surface area (Å²) in [6, 6.07) is 6.33. The topological polar surface area (TPSA) is 71.8 Å². The Bertz CT molecular complexity index is 669. The van der Waals surface area contributed by atoms with Gasteiger partial charge in [-0.25, -0.2) is 14.2 Å². The Labute approximate surface area is 134 Å². The maximum atomic E-state index is 13.4. The van der Waals surface area contributed by atoms with Gasteiger partial charge in [-0.2, -0.15) is 5.10 Å². The molecule has 1 heterocycles. The van der Waals surface area contributed by atoms with Crippen molar-refractivity contribution in [1.82, 2.24) is 25.4 Å². The van der Waals surface area contributed by atoms with Gasteiger partial charge in [0.05, 0.1) is 6.54 Å². The van der Waals surface area contributed by atoms with Gasteiger partial charge >= 0.3 is 6.03 Å². The van der Waals surface area contributed by atoms with Gasteiger partial charge in [0.2, 0.25) is 0 Å². The summed E-state index contributed by atoms with van der Waals surface area (Å²) in [6.45, 7) is 2.97. The van der Waals surface area contributed by atoms with Crippen molar-refractivity contribution in [3.8, 4) is 0 Å². The van der Waals surface area contributed by atoms with Crippen LogP contribution in [0.25, 0.3) is 0 Å². The highest BCUT2D eigenvalue weighted by atomic mass is 19.1. The average molecular weight is 317 g/mol. The molecule has 0 saturated heterocycles. The zero-order chi connectivity index (χ0) is 16.3. The smallest absolute Gasteiger partial charge is 0.315 e. The Morgan fingerprint density at radius 1 is 1.48 bits per heavy atom. The summed E-state index contributed by atoms with van der Waals surface area (Å²) in [5.74, 6) is -0.236. The number of hydrogen-bond acceptors (Lipinski definition) is 3. The highest BCUT2D eigenvalue weighted by Gasteiger charge is 2.44. The fraction of sp³-hybridized carbons (Fsp3) is 0.438. The zero-order valence-electron chi connectivity index (χ0n) is 13.0. The molecule has 1 saturated carbocycles. The number of rotatable bonds is 6. The SMILES string of the molecule is C[C@@H](Cn1cncn1)NC(=O)NCC1(c2cccc(F)c2)CC1. The third-order valence-electron chi connectivity index (χ3n) is 4.18. The van der Waals surface area contributed by atoms with E-state index in [0.717, 1.165) is 18.4 Å². The lowest BCUT2D eigenvalue weighted by Crippen LogP contribution is -2.45. The van der Waals surface area contributed by atoms with Crippen molar-refractivity contribution < 1.29 is 9.18 Å². The van der Waals surface area contributed by atoms with Crippen molar-refractivity contribution in [3.63, 3.8) is 0 Å².